The number of carbonyl (C=O) groups is 1. The van der Waals surface area contributed by atoms with Gasteiger partial charge in [-0.2, -0.15) is 0 Å². The molecule has 3 rings (SSSR count). The Hall–Kier alpha value is -1.55. The van der Waals surface area contributed by atoms with Crippen molar-refractivity contribution in [3.63, 3.8) is 0 Å². The van der Waals surface area contributed by atoms with Gasteiger partial charge in [-0.15, -0.1) is 0 Å². The molecule has 0 atom stereocenters. The third kappa shape index (κ3) is 2.21. The number of hydrogen-bond acceptors (Lipinski definition) is 3. The summed E-state index contributed by atoms with van der Waals surface area (Å²) in [5, 5.41) is 9.62. The quantitative estimate of drug-likeness (QED) is 0.837. The van der Waals surface area contributed by atoms with Crippen molar-refractivity contribution in [1.29, 1.82) is 0 Å². The Morgan fingerprint density at radius 1 is 1.11 bits per heavy atom. The maximum atomic E-state index is 12.4. The van der Waals surface area contributed by atoms with E-state index in [4.69, 9.17) is 0 Å². The van der Waals surface area contributed by atoms with E-state index in [1.54, 1.807) is 0 Å². The highest BCUT2D eigenvalue weighted by Crippen LogP contribution is 2.36. The number of aliphatic hydroxyl groups excluding tert-OH is 1. The number of fused-ring (bicyclic) bond motifs is 1. The van der Waals surface area contributed by atoms with Crippen LogP contribution in [0.3, 0.4) is 0 Å². The first-order chi connectivity index (χ1) is 9.16. The molecule has 4 heteroatoms. The fourth-order valence-corrected chi connectivity index (χ4v) is 3.21. The lowest BCUT2D eigenvalue weighted by atomic mass is 9.91. The van der Waals surface area contributed by atoms with E-state index in [9.17, 15) is 9.90 Å². The Balaban J connectivity index is 1.92. The van der Waals surface area contributed by atoms with Gasteiger partial charge >= 0.3 is 0 Å². The number of aliphatic hydroxyl groups is 1. The maximum Gasteiger partial charge on any atom is 0.246 e. The molecule has 4 nitrogen and oxygen atoms in total. The highest BCUT2D eigenvalue weighted by atomic mass is 16.3. The SMILES string of the molecule is CN1CC(=O)N(C2CCC(O)CC2)c2ccccc21. The van der Waals surface area contributed by atoms with Crippen LogP contribution in [-0.2, 0) is 4.79 Å². The van der Waals surface area contributed by atoms with Crippen LogP contribution in [0.1, 0.15) is 25.7 Å². The molecule has 19 heavy (non-hydrogen) atoms. The summed E-state index contributed by atoms with van der Waals surface area (Å²) in [5.74, 6) is 0.169. The molecule has 102 valence electrons. The molecule has 1 aliphatic heterocycles. The average Bonchev–Trinajstić information content (AvgIpc) is 2.41. The minimum absolute atomic E-state index is 0.169. The van der Waals surface area contributed by atoms with E-state index in [-0.39, 0.29) is 18.1 Å². The summed E-state index contributed by atoms with van der Waals surface area (Å²) in [6.45, 7) is 0.441. The summed E-state index contributed by atoms with van der Waals surface area (Å²) in [6.07, 6.45) is 3.20. The molecule has 1 aromatic carbocycles. The highest BCUT2D eigenvalue weighted by molar-refractivity contribution is 6.03. The van der Waals surface area contributed by atoms with Gasteiger partial charge in [-0.25, -0.2) is 0 Å². The minimum Gasteiger partial charge on any atom is -0.393 e. The normalized spacial score (nSPS) is 27.4. The number of anilines is 2. The molecule has 1 aliphatic carbocycles. The van der Waals surface area contributed by atoms with Crippen molar-refractivity contribution in [2.24, 2.45) is 0 Å². The second kappa shape index (κ2) is 4.85. The Morgan fingerprint density at radius 2 is 1.74 bits per heavy atom. The Bertz CT molecular complexity index is 481. The number of likely N-dealkylation sites (N-methyl/N-ethyl adjacent to an activating group) is 1. The van der Waals surface area contributed by atoms with Crippen molar-refractivity contribution in [3.8, 4) is 0 Å². The zero-order chi connectivity index (χ0) is 13.4. The fourth-order valence-electron chi connectivity index (χ4n) is 3.21. The molecule has 0 radical (unpaired) electrons. The van der Waals surface area contributed by atoms with Gasteiger partial charge in [0.2, 0.25) is 5.91 Å². The van der Waals surface area contributed by atoms with Gasteiger partial charge in [-0.3, -0.25) is 4.79 Å². The zero-order valence-corrected chi connectivity index (χ0v) is 11.2. The van der Waals surface area contributed by atoms with Crippen molar-refractivity contribution in [3.05, 3.63) is 24.3 Å². The Morgan fingerprint density at radius 3 is 2.42 bits per heavy atom. The lowest BCUT2D eigenvalue weighted by molar-refractivity contribution is -0.118. The van der Waals surface area contributed by atoms with E-state index in [1.165, 1.54) is 0 Å². The number of benzene rings is 1. The van der Waals surface area contributed by atoms with E-state index in [1.807, 2.05) is 35.0 Å². The smallest absolute Gasteiger partial charge is 0.246 e. The summed E-state index contributed by atoms with van der Waals surface area (Å²) in [7, 11) is 1.96. The van der Waals surface area contributed by atoms with E-state index in [0.717, 1.165) is 37.1 Å². The second-order valence-electron chi connectivity index (χ2n) is 5.57. The van der Waals surface area contributed by atoms with Crippen LogP contribution in [0.4, 0.5) is 11.4 Å². The largest absolute Gasteiger partial charge is 0.393 e. The van der Waals surface area contributed by atoms with E-state index in [2.05, 4.69) is 6.07 Å². The third-order valence-corrected chi connectivity index (χ3v) is 4.23. The minimum atomic E-state index is -0.186. The molecule has 0 spiro atoms. The number of rotatable bonds is 1. The lowest BCUT2D eigenvalue weighted by Crippen LogP contribution is -2.50. The first-order valence-corrected chi connectivity index (χ1v) is 6.97. The summed E-state index contributed by atoms with van der Waals surface area (Å²) in [5.41, 5.74) is 2.14. The lowest BCUT2D eigenvalue weighted by Gasteiger charge is -2.41. The van der Waals surface area contributed by atoms with Crippen LogP contribution in [0.15, 0.2) is 24.3 Å². The van der Waals surface area contributed by atoms with Crippen LogP contribution in [0.2, 0.25) is 0 Å². The van der Waals surface area contributed by atoms with Crippen molar-refractivity contribution in [1.82, 2.24) is 0 Å². The van der Waals surface area contributed by atoms with Crippen LogP contribution in [-0.4, -0.2) is 36.8 Å². The first kappa shape index (κ1) is 12.5. The molecule has 1 N–H and O–H groups in total. The van der Waals surface area contributed by atoms with Crippen molar-refractivity contribution in [2.75, 3.05) is 23.4 Å². The fraction of sp³-hybridized carbons (Fsp3) is 0.533. The molecule has 1 fully saturated rings. The third-order valence-electron chi connectivity index (χ3n) is 4.23. The van der Waals surface area contributed by atoms with Gasteiger partial charge in [0, 0.05) is 13.1 Å². The van der Waals surface area contributed by atoms with Crippen LogP contribution in [0.5, 0.6) is 0 Å². The molecule has 0 unspecified atom stereocenters. The van der Waals surface area contributed by atoms with E-state index >= 15 is 0 Å². The summed E-state index contributed by atoms with van der Waals surface area (Å²) >= 11 is 0. The number of carbonyl (C=O) groups excluding carboxylic acids is 1. The second-order valence-corrected chi connectivity index (χ2v) is 5.57. The molecule has 0 bridgehead atoms. The highest BCUT2D eigenvalue weighted by Gasteiger charge is 2.34. The Labute approximate surface area is 113 Å². The number of para-hydroxylation sites is 2. The molecular formula is C15H20N2O2. The van der Waals surface area contributed by atoms with Gasteiger partial charge in [0.05, 0.1) is 24.0 Å². The molecular weight excluding hydrogens is 240 g/mol. The van der Waals surface area contributed by atoms with Gasteiger partial charge < -0.3 is 14.9 Å². The molecule has 1 amide bonds. The topological polar surface area (TPSA) is 43.8 Å². The number of hydrogen-bond donors (Lipinski definition) is 1. The van der Waals surface area contributed by atoms with Crippen molar-refractivity contribution in [2.45, 2.75) is 37.8 Å². The zero-order valence-electron chi connectivity index (χ0n) is 11.2. The maximum absolute atomic E-state index is 12.4. The predicted molar refractivity (Wildman–Crippen MR) is 75.5 cm³/mol. The Kier molecular flexibility index (Phi) is 3.19. The van der Waals surface area contributed by atoms with E-state index in [0.29, 0.717) is 6.54 Å². The molecule has 1 saturated carbocycles. The molecule has 2 aliphatic rings. The van der Waals surface area contributed by atoms with Gasteiger partial charge in [0.15, 0.2) is 0 Å². The average molecular weight is 260 g/mol. The van der Waals surface area contributed by atoms with Crippen molar-refractivity contribution >= 4 is 17.3 Å². The van der Waals surface area contributed by atoms with Gasteiger partial charge in [-0.05, 0) is 37.8 Å². The van der Waals surface area contributed by atoms with Crippen molar-refractivity contribution < 1.29 is 9.90 Å². The molecule has 1 heterocycles. The number of amides is 1. The molecule has 1 aromatic rings. The first-order valence-electron chi connectivity index (χ1n) is 6.97. The molecule has 0 aromatic heterocycles. The van der Waals surface area contributed by atoms with E-state index < -0.39 is 0 Å². The summed E-state index contributed by atoms with van der Waals surface area (Å²) < 4.78 is 0. The predicted octanol–water partition coefficient (Wildman–Crippen LogP) is 1.77. The van der Waals surface area contributed by atoms with Crippen LogP contribution >= 0.6 is 0 Å². The monoisotopic (exact) mass is 260 g/mol. The van der Waals surface area contributed by atoms with Gasteiger partial charge in [0.25, 0.3) is 0 Å². The van der Waals surface area contributed by atoms with Crippen LogP contribution in [0.25, 0.3) is 0 Å². The van der Waals surface area contributed by atoms with Crippen LogP contribution < -0.4 is 9.80 Å². The standard InChI is InChI=1S/C15H20N2O2/c1-16-10-15(19)17(11-6-8-12(18)9-7-11)14-5-3-2-4-13(14)16/h2-5,11-12,18H,6-10H2,1H3. The van der Waals surface area contributed by atoms with Crippen LogP contribution in [0, 0.1) is 0 Å². The summed E-state index contributed by atoms with van der Waals surface area (Å²) in [4.78, 5) is 16.3. The molecule has 0 saturated heterocycles. The van der Waals surface area contributed by atoms with Gasteiger partial charge in [-0.1, -0.05) is 12.1 Å². The summed E-state index contributed by atoms with van der Waals surface area (Å²) in [6, 6.07) is 8.32. The van der Waals surface area contributed by atoms with Gasteiger partial charge in [0.1, 0.15) is 0 Å². The number of nitrogens with zero attached hydrogens (tertiary/aromatic N) is 2.